The molecule has 0 saturated carbocycles. The quantitative estimate of drug-likeness (QED) is 0.437. The molecule has 1 aliphatic heterocycles. The van der Waals surface area contributed by atoms with Crippen LogP contribution in [-0.4, -0.2) is 53.2 Å². The third-order valence-electron chi connectivity index (χ3n) is 5.52. The number of amides is 1. The normalized spacial score (nSPS) is 15.9. The third kappa shape index (κ3) is 2.85. The average molecular weight is 423 g/mol. The second-order valence-electron chi connectivity index (χ2n) is 7.47. The maximum atomic E-state index is 13.5. The molecule has 0 spiro atoms. The fourth-order valence-electron chi connectivity index (χ4n) is 4.13. The maximum absolute atomic E-state index is 13.5. The molecule has 5 rings (SSSR count). The smallest absolute Gasteiger partial charge is 0.268 e. The van der Waals surface area contributed by atoms with Gasteiger partial charge in [0.05, 0.1) is 30.0 Å². The summed E-state index contributed by atoms with van der Waals surface area (Å²) < 4.78 is 5.32. The van der Waals surface area contributed by atoms with Crippen LogP contribution >= 0.6 is 11.3 Å². The number of ketones is 1. The number of thiophene rings is 1. The fourth-order valence-corrected chi connectivity index (χ4v) is 5.05. The van der Waals surface area contributed by atoms with Gasteiger partial charge in [-0.1, -0.05) is 0 Å². The Morgan fingerprint density at radius 2 is 2.00 bits per heavy atom. The van der Waals surface area contributed by atoms with Crippen molar-refractivity contribution in [1.29, 1.82) is 0 Å². The minimum Gasteiger partial charge on any atom is -0.398 e. The molecule has 9 heteroatoms. The number of aryl methyl sites for hydroxylation is 2. The summed E-state index contributed by atoms with van der Waals surface area (Å²) in [6.07, 6.45) is 0. The molecule has 2 aromatic heterocycles. The highest BCUT2D eigenvalue weighted by molar-refractivity contribution is 7.12. The lowest BCUT2D eigenvalue weighted by Gasteiger charge is -2.27. The van der Waals surface area contributed by atoms with Gasteiger partial charge in [-0.15, -0.1) is 11.3 Å². The molecule has 4 N–H and O–H groups in total. The van der Waals surface area contributed by atoms with E-state index in [0.717, 1.165) is 15.3 Å². The molecule has 2 aliphatic rings. The van der Waals surface area contributed by atoms with Crippen molar-refractivity contribution in [3.8, 4) is 22.5 Å². The molecule has 1 fully saturated rings. The number of nitrogen functional groups attached to an aromatic ring is 1. The van der Waals surface area contributed by atoms with Crippen molar-refractivity contribution >= 4 is 28.7 Å². The largest absolute Gasteiger partial charge is 0.398 e. The molecule has 0 atom stereocenters. The predicted molar refractivity (Wildman–Crippen MR) is 115 cm³/mol. The number of aromatic nitrogens is 2. The molecule has 154 valence electrons. The number of hydrazine groups is 1. The Bertz CT molecular complexity index is 1190. The summed E-state index contributed by atoms with van der Waals surface area (Å²) >= 11 is 1.66. The maximum Gasteiger partial charge on any atom is 0.268 e. The molecule has 1 aromatic carbocycles. The van der Waals surface area contributed by atoms with E-state index in [1.165, 1.54) is 0 Å². The van der Waals surface area contributed by atoms with Crippen molar-refractivity contribution in [2.45, 2.75) is 13.8 Å². The van der Waals surface area contributed by atoms with Crippen molar-refractivity contribution in [3.63, 3.8) is 0 Å². The predicted octanol–water partition coefficient (Wildman–Crippen LogP) is 2.53. The first-order chi connectivity index (χ1) is 14.5. The molecule has 0 radical (unpaired) electrons. The summed E-state index contributed by atoms with van der Waals surface area (Å²) in [6.45, 7) is 6.29. The van der Waals surface area contributed by atoms with E-state index in [9.17, 15) is 9.59 Å². The van der Waals surface area contributed by atoms with Gasteiger partial charge in [-0.2, -0.15) is 5.10 Å². The van der Waals surface area contributed by atoms with Crippen LogP contribution < -0.4 is 11.2 Å². The van der Waals surface area contributed by atoms with E-state index in [1.54, 1.807) is 28.5 Å². The Balaban J connectivity index is 1.57. The van der Waals surface area contributed by atoms with Gasteiger partial charge in [-0.25, -0.2) is 5.01 Å². The van der Waals surface area contributed by atoms with Crippen molar-refractivity contribution in [2.75, 3.05) is 32.0 Å². The number of rotatable bonds is 3. The lowest BCUT2D eigenvalue weighted by atomic mass is 9.98. The van der Waals surface area contributed by atoms with Crippen LogP contribution in [-0.2, 0) is 4.74 Å². The highest BCUT2D eigenvalue weighted by Crippen LogP contribution is 2.44. The number of nitrogens with one attached hydrogen (secondary N) is 2. The average Bonchev–Trinajstić information content (AvgIpc) is 3.37. The van der Waals surface area contributed by atoms with Crippen LogP contribution in [0.3, 0.4) is 0 Å². The molecule has 1 amide bonds. The standard InChI is InChI=1S/C21H21N5O3S/c1-10-9-13(11(2)30-10)19-17-18(23-24-19)12-3-4-14(22)16(15(12)20(17)27)21(28)25-26-5-7-29-8-6-26/h3-4,9H,5-8,22H2,1-2H3,(H,23,24)(H,25,28). The van der Waals surface area contributed by atoms with Gasteiger partial charge in [0.1, 0.15) is 5.69 Å². The molecule has 1 aliphatic carbocycles. The molecular formula is C21H21N5O3S. The van der Waals surface area contributed by atoms with Crippen LogP contribution in [0.4, 0.5) is 5.69 Å². The van der Waals surface area contributed by atoms with E-state index in [0.29, 0.717) is 54.4 Å². The summed E-state index contributed by atoms with van der Waals surface area (Å²) in [5.74, 6) is -0.617. The number of carbonyl (C=O) groups excluding carboxylic acids is 2. The molecule has 30 heavy (non-hydrogen) atoms. The summed E-state index contributed by atoms with van der Waals surface area (Å²) in [5, 5.41) is 9.22. The number of anilines is 1. The van der Waals surface area contributed by atoms with Crippen LogP contribution in [0.15, 0.2) is 18.2 Å². The van der Waals surface area contributed by atoms with Gasteiger partial charge in [0, 0.05) is 45.2 Å². The summed E-state index contributed by atoms with van der Waals surface area (Å²) in [5.41, 5.74) is 13.2. The number of hydrogen-bond acceptors (Lipinski definition) is 7. The Kier molecular flexibility index (Phi) is 4.46. The summed E-state index contributed by atoms with van der Waals surface area (Å²) in [6, 6.07) is 5.47. The molecule has 0 unspecified atom stereocenters. The SMILES string of the molecule is Cc1cc(-c2n[nH]c3c2C(=O)c2c-3ccc(N)c2C(=O)NN2CCOCC2)c(C)s1. The van der Waals surface area contributed by atoms with Crippen LogP contribution in [0.5, 0.6) is 0 Å². The highest BCUT2D eigenvalue weighted by Gasteiger charge is 2.37. The summed E-state index contributed by atoms with van der Waals surface area (Å²) in [4.78, 5) is 28.8. The Morgan fingerprint density at radius 3 is 2.70 bits per heavy atom. The fraction of sp³-hybridized carbons (Fsp3) is 0.286. The van der Waals surface area contributed by atoms with Gasteiger partial charge in [-0.3, -0.25) is 20.1 Å². The first-order valence-electron chi connectivity index (χ1n) is 9.72. The number of fused-ring (bicyclic) bond motifs is 3. The van der Waals surface area contributed by atoms with E-state index in [1.807, 2.05) is 19.9 Å². The van der Waals surface area contributed by atoms with E-state index in [4.69, 9.17) is 10.5 Å². The second kappa shape index (κ2) is 7.05. The number of benzene rings is 1. The number of H-pyrrole nitrogens is 1. The number of aromatic amines is 1. The second-order valence-corrected chi connectivity index (χ2v) is 8.93. The van der Waals surface area contributed by atoms with Gasteiger partial charge in [0.15, 0.2) is 5.78 Å². The molecular weight excluding hydrogens is 402 g/mol. The molecule has 3 heterocycles. The van der Waals surface area contributed by atoms with Gasteiger partial charge >= 0.3 is 0 Å². The zero-order valence-corrected chi connectivity index (χ0v) is 17.5. The number of hydrogen-bond donors (Lipinski definition) is 3. The zero-order valence-electron chi connectivity index (χ0n) is 16.7. The van der Waals surface area contributed by atoms with Gasteiger partial charge in [0.25, 0.3) is 5.91 Å². The molecule has 3 aromatic rings. The Hall–Kier alpha value is -3.01. The van der Waals surface area contributed by atoms with Crippen molar-refractivity contribution in [2.24, 2.45) is 0 Å². The van der Waals surface area contributed by atoms with Crippen LogP contribution in [0.1, 0.15) is 36.0 Å². The first-order valence-corrected chi connectivity index (χ1v) is 10.5. The molecule has 0 bridgehead atoms. The molecule has 8 nitrogen and oxygen atoms in total. The summed E-state index contributed by atoms with van der Waals surface area (Å²) in [7, 11) is 0. The number of nitrogens with zero attached hydrogens (tertiary/aromatic N) is 2. The topological polar surface area (TPSA) is 113 Å². The van der Waals surface area contributed by atoms with E-state index in [2.05, 4.69) is 15.6 Å². The highest BCUT2D eigenvalue weighted by atomic mass is 32.1. The van der Waals surface area contributed by atoms with Gasteiger partial charge in [-0.05, 0) is 32.0 Å². The number of nitrogens with two attached hydrogens (primary N) is 1. The Labute approximate surface area is 177 Å². The van der Waals surface area contributed by atoms with E-state index >= 15 is 0 Å². The zero-order chi connectivity index (χ0) is 21.0. The van der Waals surface area contributed by atoms with Gasteiger partial charge < -0.3 is 10.5 Å². The van der Waals surface area contributed by atoms with Crippen molar-refractivity contribution in [3.05, 3.63) is 44.6 Å². The van der Waals surface area contributed by atoms with Crippen molar-refractivity contribution in [1.82, 2.24) is 20.6 Å². The van der Waals surface area contributed by atoms with E-state index in [-0.39, 0.29) is 22.9 Å². The van der Waals surface area contributed by atoms with Crippen molar-refractivity contribution < 1.29 is 14.3 Å². The molecule has 1 saturated heterocycles. The Morgan fingerprint density at radius 1 is 1.23 bits per heavy atom. The van der Waals surface area contributed by atoms with Gasteiger partial charge in [0.2, 0.25) is 0 Å². The lowest BCUT2D eigenvalue weighted by molar-refractivity contribution is 0.0126. The van der Waals surface area contributed by atoms with E-state index < -0.39 is 0 Å². The minimum absolute atomic E-state index is 0.206. The third-order valence-corrected chi connectivity index (χ3v) is 6.49. The van der Waals surface area contributed by atoms with Crippen LogP contribution in [0.25, 0.3) is 22.5 Å². The minimum atomic E-state index is -0.387. The first kappa shape index (κ1) is 19.0. The number of carbonyl (C=O) groups is 2. The number of morpholine rings is 1. The monoisotopic (exact) mass is 423 g/mol. The van der Waals surface area contributed by atoms with Crippen LogP contribution in [0, 0.1) is 13.8 Å². The lowest BCUT2D eigenvalue weighted by Crippen LogP contribution is -2.48. The number of ether oxygens (including phenoxy) is 1. The van der Waals surface area contributed by atoms with Crippen LogP contribution in [0.2, 0.25) is 0 Å².